The summed E-state index contributed by atoms with van der Waals surface area (Å²) >= 11 is 4.93. The number of benzene rings is 2. The molecule has 2 aromatic carbocycles. The summed E-state index contributed by atoms with van der Waals surface area (Å²) in [7, 11) is 5.30. The fourth-order valence-corrected chi connectivity index (χ4v) is 4.71. The molecule has 0 aromatic heterocycles. The molecule has 0 spiro atoms. The average molecular weight is 488 g/mol. The minimum absolute atomic E-state index is 0.0692. The number of amides is 1. The van der Waals surface area contributed by atoms with Crippen LogP contribution in [-0.2, 0) is 9.53 Å². The van der Waals surface area contributed by atoms with Gasteiger partial charge in [-0.05, 0) is 82.7 Å². The number of nitrogens with zero attached hydrogens (tertiary/aromatic N) is 3. The van der Waals surface area contributed by atoms with E-state index in [2.05, 4.69) is 20.9 Å². The second kappa shape index (κ2) is 9.49. The van der Waals surface area contributed by atoms with Crippen LogP contribution in [-0.4, -0.2) is 49.7 Å². The Labute approximate surface area is 188 Å². The van der Waals surface area contributed by atoms with E-state index in [1.54, 1.807) is 29.2 Å². The number of rotatable bonds is 5. The summed E-state index contributed by atoms with van der Waals surface area (Å²) < 4.78 is 5.67. The first kappa shape index (κ1) is 22.1. The third kappa shape index (κ3) is 4.76. The number of carbonyl (C=O) groups is 2. The van der Waals surface area contributed by atoms with Gasteiger partial charge >= 0.3 is 5.97 Å². The number of ether oxygens (including phenoxy) is 1. The highest BCUT2D eigenvalue weighted by atomic mass is 79.9. The number of likely N-dealkylation sites (N-methyl/N-ethyl adjacent to an activating group) is 1. The molecule has 6 nitrogen and oxygen atoms in total. The number of hydrogen-bond acceptors (Lipinski definition) is 6. The first-order valence-corrected chi connectivity index (χ1v) is 10.9. The highest BCUT2D eigenvalue weighted by Gasteiger charge is 2.32. The Morgan fingerprint density at radius 2 is 1.93 bits per heavy atom. The van der Waals surface area contributed by atoms with Crippen molar-refractivity contribution >= 4 is 62.2 Å². The summed E-state index contributed by atoms with van der Waals surface area (Å²) in [5.41, 5.74) is 3.12. The Bertz CT molecular complexity index is 1030. The highest BCUT2D eigenvalue weighted by molar-refractivity contribution is 9.10. The Morgan fingerprint density at radius 1 is 1.23 bits per heavy atom. The zero-order valence-electron chi connectivity index (χ0n) is 17.2. The van der Waals surface area contributed by atoms with Crippen molar-refractivity contribution in [3.05, 3.63) is 63.0 Å². The SMILES string of the molecule is CCN1C(=O)/C(=C/c2ccc(N(C)C)c(Br)c2)SC1=Nc1ccc(C(=O)OC)cc1. The van der Waals surface area contributed by atoms with Crippen LogP contribution in [0.5, 0.6) is 0 Å². The number of aliphatic imine (C=N–C) groups is 1. The van der Waals surface area contributed by atoms with E-state index < -0.39 is 5.97 Å². The van der Waals surface area contributed by atoms with E-state index in [9.17, 15) is 9.59 Å². The number of amidine groups is 1. The van der Waals surface area contributed by atoms with Gasteiger partial charge in [0.2, 0.25) is 0 Å². The normalized spacial score (nSPS) is 16.4. The molecule has 0 unspecified atom stereocenters. The Kier molecular flexibility index (Phi) is 6.99. The van der Waals surface area contributed by atoms with E-state index in [-0.39, 0.29) is 5.91 Å². The Hall–Kier alpha value is -2.58. The Balaban J connectivity index is 1.87. The molecular weight excluding hydrogens is 466 g/mol. The number of anilines is 1. The van der Waals surface area contributed by atoms with E-state index in [4.69, 9.17) is 4.74 Å². The van der Waals surface area contributed by atoms with Gasteiger partial charge in [0.25, 0.3) is 5.91 Å². The van der Waals surface area contributed by atoms with Crippen molar-refractivity contribution in [2.45, 2.75) is 6.92 Å². The van der Waals surface area contributed by atoms with Gasteiger partial charge < -0.3 is 9.64 Å². The largest absolute Gasteiger partial charge is 0.465 e. The summed E-state index contributed by atoms with van der Waals surface area (Å²) in [5, 5.41) is 0.614. The van der Waals surface area contributed by atoms with Gasteiger partial charge in [-0.2, -0.15) is 0 Å². The van der Waals surface area contributed by atoms with Gasteiger partial charge in [-0.15, -0.1) is 0 Å². The first-order chi connectivity index (χ1) is 14.3. The molecular formula is C22H22BrN3O3S. The molecule has 1 amide bonds. The molecule has 1 fully saturated rings. The number of carbonyl (C=O) groups excluding carboxylic acids is 2. The quantitative estimate of drug-likeness (QED) is 0.442. The molecule has 0 aliphatic carbocycles. The second-order valence-electron chi connectivity index (χ2n) is 6.70. The molecule has 1 heterocycles. The maximum absolute atomic E-state index is 12.9. The molecule has 1 aliphatic rings. The molecule has 0 N–H and O–H groups in total. The van der Waals surface area contributed by atoms with Crippen LogP contribution in [0.3, 0.4) is 0 Å². The number of esters is 1. The van der Waals surface area contributed by atoms with Crippen LogP contribution >= 0.6 is 27.7 Å². The predicted molar refractivity (Wildman–Crippen MR) is 126 cm³/mol. The van der Waals surface area contributed by atoms with Gasteiger partial charge in [0.15, 0.2) is 5.17 Å². The van der Waals surface area contributed by atoms with Gasteiger partial charge in [0, 0.05) is 25.1 Å². The van der Waals surface area contributed by atoms with Crippen molar-refractivity contribution in [3.63, 3.8) is 0 Å². The molecule has 0 radical (unpaired) electrons. The number of thioether (sulfide) groups is 1. The minimum atomic E-state index is -0.397. The lowest BCUT2D eigenvalue weighted by atomic mass is 10.2. The minimum Gasteiger partial charge on any atom is -0.465 e. The van der Waals surface area contributed by atoms with E-state index in [0.29, 0.717) is 27.9 Å². The van der Waals surface area contributed by atoms with Crippen LogP contribution in [0, 0.1) is 0 Å². The predicted octanol–water partition coefficient (Wildman–Crippen LogP) is 4.93. The molecule has 30 heavy (non-hydrogen) atoms. The third-order valence-electron chi connectivity index (χ3n) is 4.47. The average Bonchev–Trinajstić information content (AvgIpc) is 3.01. The maximum Gasteiger partial charge on any atom is 0.337 e. The van der Waals surface area contributed by atoms with Crippen LogP contribution < -0.4 is 4.90 Å². The number of halogens is 1. The van der Waals surface area contributed by atoms with Crippen LogP contribution in [0.25, 0.3) is 6.08 Å². The van der Waals surface area contributed by atoms with Crippen molar-refractivity contribution in [3.8, 4) is 0 Å². The van der Waals surface area contributed by atoms with Gasteiger partial charge in [0.1, 0.15) is 0 Å². The van der Waals surface area contributed by atoms with Crippen LogP contribution in [0.1, 0.15) is 22.8 Å². The third-order valence-corrected chi connectivity index (χ3v) is 6.11. The topological polar surface area (TPSA) is 62.2 Å². The lowest BCUT2D eigenvalue weighted by molar-refractivity contribution is -0.122. The molecule has 0 atom stereocenters. The summed E-state index contributed by atoms with van der Waals surface area (Å²) in [6.45, 7) is 2.44. The zero-order chi connectivity index (χ0) is 21.8. The van der Waals surface area contributed by atoms with E-state index in [0.717, 1.165) is 15.7 Å². The lowest BCUT2D eigenvalue weighted by Gasteiger charge is -2.14. The van der Waals surface area contributed by atoms with Crippen molar-refractivity contribution in [2.75, 3.05) is 32.6 Å². The lowest BCUT2D eigenvalue weighted by Crippen LogP contribution is -2.28. The fourth-order valence-electron chi connectivity index (χ4n) is 2.90. The number of methoxy groups -OCH3 is 1. The van der Waals surface area contributed by atoms with E-state index in [1.807, 2.05) is 50.2 Å². The van der Waals surface area contributed by atoms with Gasteiger partial charge in [0.05, 0.1) is 29.0 Å². The summed E-state index contributed by atoms with van der Waals surface area (Å²) in [4.78, 5) is 33.3. The van der Waals surface area contributed by atoms with Crippen molar-refractivity contribution in [2.24, 2.45) is 4.99 Å². The van der Waals surface area contributed by atoms with Crippen molar-refractivity contribution < 1.29 is 14.3 Å². The maximum atomic E-state index is 12.9. The molecule has 156 valence electrons. The van der Waals surface area contributed by atoms with E-state index >= 15 is 0 Å². The zero-order valence-corrected chi connectivity index (χ0v) is 19.6. The Morgan fingerprint density at radius 3 is 2.50 bits per heavy atom. The molecule has 0 saturated carbocycles. The summed E-state index contributed by atoms with van der Waals surface area (Å²) in [6, 6.07) is 12.8. The molecule has 0 bridgehead atoms. The van der Waals surface area contributed by atoms with Gasteiger partial charge in [-0.25, -0.2) is 9.79 Å². The molecule has 1 aliphatic heterocycles. The molecule has 2 aromatic rings. The van der Waals surface area contributed by atoms with Crippen molar-refractivity contribution in [1.29, 1.82) is 0 Å². The summed E-state index contributed by atoms with van der Waals surface area (Å²) in [5.74, 6) is -0.466. The van der Waals surface area contributed by atoms with Gasteiger partial charge in [-0.1, -0.05) is 6.07 Å². The fraction of sp³-hybridized carbons (Fsp3) is 0.227. The van der Waals surface area contributed by atoms with Crippen LogP contribution in [0.2, 0.25) is 0 Å². The molecule has 1 saturated heterocycles. The molecule has 8 heteroatoms. The molecule has 3 rings (SSSR count). The van der Waals surface area contributed by atoms with Crippen molar-refractivity contribution in [1.82, 2.24) is 4.90 Å². The summed E-state index contributed by atoms with van der Waals surface area (Å²) in [6.07, 6.45) is 1.88. The first-order valence-electron chi connectivity index (χ1n) is 9.29. The van der Waals surface area contributed by atoms with E-state index in [1.165, 1.54) is 18.9 Å². The smallest absolute Gasteiger partial charge is 0.337 e. The highest BCUT2D eigenvalue weighted by Crippen LogP contribution is 2.35. The standard InChI is InChI=1S/C22H22BrN3O3S/c1-5-26-20(27)19(13-14-6-11-18(25(2)3)17(23)12-14)30-22(26)24-16-9-7-15(8-10-16)21(28)29-4/h6-13H,5H2,1-4H3/b19-13-,24-22?. The van der Waals surface area contributed by atoms with Gasteiger partial charge in [-0.3, -0.25) is 9.69 Å². The monoisotopic (exact) mass is 487 g/mol. The number of hydrogen-bond donors (Lipinski definition) is 0. The van der Waals surface area contributed by atoms with Crippen LogP contribution in [0.15, 0.2) is 56.8 Å². The van der Waals surface area contributed by atoms with Crippen LogP contribution in [0.4, 0.5) is 11.4 Å². The second-order valence-corrected chi connectivity index (χ2v) is 8.56.